The van der Waals surface area contributed by atoms with Crippen LogP contribution in [0.5, 0.6) is 0 Å². The molecule has 0 fully saturated rings. The number of hydrogen-bond acceptors (Lipinski definition) is 5. The van der Waals surface area contributed by atoms with Crippen LogP contribution in [0.15, 0.2) is 12.4 Å². The van der Waals surface area contributed by atoms with Gasteiger partial charge < -0.3 is 9.47 Å². The average Bonchev–Trinajstić information content (AvgIpc) is 2.74. The van der Waals surface area contributed by atoms with Crippen molar-refractivity contribution in [1.82, 2.24) is 24.7 Å². The zero-order valence-corrected chi connectivity index (χ0v) is 10.1. The standard InChI is InChI=1S/C10H11ClN6/c1-7-13-8(11)4-9(14-7)16-2-3-17-6-12-15-10(17)5-16/h4,6H,2-3,5H2,1H3. The fourth-order valence-corrected chi connectivity index (χ4v) is 2.16. The van der Waals surface area contributed by atoms with Crippen LogP contribution in [0.25, 0.3) is 0 Å². The summed E-state index contributed by atoms with van der Waals surface area (Å²) in [5.74, 6) is 2.47. The molecule has 6 nitrogen and oxygen atoms in total. The van der Waals surface area contributed by atoms with Crippen molar-refractivity contribution < 1.29 is 0 Å². The molecule has 0 radical (unpaired) electrons. The first-order valence-electron chi connectivity index (χ1n) is 5.35. The van der Waals surface area contributed by atoms with Crippen LogP contribution in [0.1, 0.15) is 11.6 Å². The second-order valence-electron chi connectivity index (χ2n) is 3.96. The van der Waals surface area contributed by atoms with Gasteiger partial charge in [0.2, 0.25) is 0 Å². The lowest BCUT2D eigenvalue weighted by Crippen LogP contribution is -2.34. The lowest BCUT2D eigenvalue weighted by molar-refractivity contribution is 0.555. The SMILES string of the molecule is Cc1nc(Cl)cc(N2CCn3cnnc3C2)n1. The van der Waals surface area contributed by atoms with Crippen molar-refractivity contribution in [3.05, 3.63) is 29.2 Å². The molecule has 17 heavy (non-hydrogen) atoms. The van der Waals surface area contributed by atoms with Gasteiger partial charge in [-0.15, -0.1) is 10.2 Å². The molecule has 7 heteroatoms. The van der Waals surface area contributed by atoms with Crippen molar-refractivity contribution in [3.63, 3.8) is 0 Å². The molecule has 3 rings (SSSR count). The summed E-state index contributed by atoms with van der Waals surface area (Å²) in [5.41, 5.74) is 0. The molecule has 2 aromatic heterocycles. The van der Waals surface area contributed by atoms with Crippen LogP contribution < -0.4 is 4.90 Å². The molecule has 3 heterocycles. The minimum atomic E-state index is 0.472. The van der Waals surface area contributed by atoms with E-state index in [1.807, 2.05) is 11.5 Å². The number of halogens is 1. The Morgan fingerprint density at radius 1 is 1.29 bits per heavy atom. The van der Waals surface area contributed by atoms with Gasteiger partial charge in [0.05, 0.1) is 6.54 Å². The highest BCUT2D eigenvalue weighted by atomic mass is 35.5. The summed E-state index contributed by atoms with van der Waals surface area (Å²) < 4.78 is 2.05. The first kappa shape index (κ1) is 10.5. The summed E-state index contributed by atoms with van der Waals surface area (Å²) in [6.45, 7) is 4.27. The van der Waals surface area contributed by atoms with Gasteiger partial charge in [0, 0.05) is 19.2 Å². The van der Waals surface area contributed by atoms with Crippen LogP contribution in [-0.4, -0.2) is 31.3 Å². The molecule has 1 aliphatic heterocycles. The zero-order chi connectivity index (χ0) is 11.8. The van der Waals surface area contributed by atoms with Gasteiger partial charge in [-0.05, 0) is 6.92 Å². The van der Waals surface area contributed by atoms with Crippen LogP contribution in [0.4, 0.5) is 5.82 Å². The molecule has 0 N–H and O–H groups in total. The van der Waals surface area contributed by atoms with E-state index in [2.05, 4.69) is 25.1 Å². The van der Waals surface area contributed by atoms with Crippen LogP contribution in [0, 0.1) is 6.92 Å². The van der Waals surface area contributed by atoms with Crippen LogP contribution in [0.3, 0.4) is 0 Å². The number of rotatable bonds is 1. The Labute approximate surface area is 103 Å². The van der Waals surface area contributed by atoms with Crippen molar-refractivity contribution in [2.24, 2.45) is 0 Å². The van der Waals surface area contributed by atoms with Gasteiger partial charge >= 0.3 is 0 Å². The Balaban J connectivity index is 1.91. The molecule has 0 saturated heterocycles. The van der Waals surface area contributed by atoms with E-state index in [1.165, 1.54) is 0 Å². The van der Waals surface area contributed by atoms with Gasteiger partial charge in [-0.2, -0.15) is 0 Å². The second-order valence-corrected chi connectivity index (χ2v) is 4.35. The second kappa shape index (κ2) is 3.96. The molecule has 0 saturated carbocycles. The quantitative estimate of drug-likeness (QED) is 0.708. The molecule has 88 valence electrons. The lowest BCUT2D eigenvalue weighted by Gasteiger charge is -2.28. The van der Waals surface area contributed by atoms with E-state index in [1.54, 1.807) is 12.4 Å². The Morgan fingerprint density at radius 3 is 3.00 bits per heavy atom. The largest absolute Gasteiger partial charge is 0.347 e. The van der Waals surface area contributed by atoms with Crippen molar-refractivity contribution in [2.45, 2.75) is 20.0 Å². The van der Waals surface area contributed by atoms with Gasteiger partial charge in [0.1, 0.15) is 23.1 Å². The Bertz CT molecular complexity index is 531. The first-order valence-corrected chi connectivity index (χ1v) is 5.73. The molecule has 0 amide bonds. The maximum Gasteiger partial charge on any atom is 0.152 e. The van der Waals surface area contributed by atoms with Crippen molar-refractivity contribution in [2.75, 3.05) is 11.4 Å². The topological polar surface area (TPSA) is 59.7 Å². The summed E-state index contributed by atoms with van der Waals surface area (Å²) in [4.78, 5) is 10.6. The van der Waals surface area contributed by atoms with Crippen LogP contribution in [0.2, 0.25) is 5.15 Å². The first-order chi connectivity index (χ1) is 8.22. The molecule has 2 aromatic rings. The molecule has 0 spiro atoms. The third-order valence-corrected chi connectivity index (χ3v) is 2.95. The number of anilines is 1. The summed E-state index contributed by atoms with van der Waals surface area (Å²) in [7, 11) is 0. The van der Waals surface area contributed by atoms with E-state index >= 15 is 0 Å². The third kappa shape index (κ3) is 1.95. The Morgan fingerprint density at radius 2 is 2.18 bits per heavy atom. The van der Waals surface area contributed by atoms with Gasteiger partial charge in [-0.25, -0.2) is 9.97 Å². The summed E-state index contributed by atoms with van der Waals surface area (Å²) in [6, 6.07) is 1.78. The maximum absolute atomic E-state index is 5.94. The third-order valence-electron chi connectivity index (χ3n) is 2.76. The predicted octanol–water partition coefficient (Wildman–Crippen LogP) is 1.05. The fourth-order valence-electron chi connectivity index (χ4n) is 1.94. The normalized spacial score (nSPS) is 14.8. The highest BCUT2D eigenvalue weighted by molar-refractivity contribution is 6.29. The lowest BCUT2D eigenvalue weighted by atomic mass is 10.3. The van der Waals surface area contributed by atoms with E-state index in [0.717, 1.165) is 24.7 Å². The molecular weight excluding hydrogens is 240 g/mol. The molecule has 0 bridgehead atoms. The summed E-state index contributed by atoms with van der Waals surface area (Å²) in [5, 5.41) is 8.44. The zero-order valence-electron chi connectivity index (χ0n) is 9.34. The number of hydrogen-bond donors (Lipinski definition) is 0. The van der Waals surface area contributed by atoms with Crippen molar-refractivity contribution in [3.8, 4) is 0 Å². The molecule has 0 unspecified atom stereocenters. The van der Waals surface area contributed by atoms with Gasteiger partial charge in [0.15, 0.2) is 5.82 Å². The van der Waals surface area contributed by atoms with Crippen molar-refractivity contribution >= 4 is 17.4 Å². The fraction of sp³-hybridized carbons (Fsp3) is 0.400. The highest BCUT2D eigenvalue weighted by Crippen LogP contribution is 2.20. The molecule has 0 aliphatic carbocycles. The van der Waals surface area contributed by atoms with Crippen LogP contribution >= 0.6 is 11.6 Å². The predicted molar refractivity (Wildman–Crippen MR) is 62.9 cm³/mol. The maximum atomic E-state index is 5.94. The van der Waals surface area contributed by atoms with E-state index in [4.69, 9.17) is 11.6 Å². The van der Waals surface area contributed by atoms with Gasteiger partial charge in [-0.1, -0.05) is 11.6 Å². The number of nitrogens with zero attached hydrogens (tertiary/aromatic N) is 6. The smallest absolute Gasteiger partial charge is 0.152 e. The van der Waals surface area contributed by atoms with E-state index in [0.29, 0.717) is 17.5 Å². The molecule has 1 aliphatic rings. The monoisotopic (exact) mass is 250 g/mol. The molecule has 0 aromatic carbocycles. The molecule has 0 atom stereocenters. The Hall–Kier alpha value is -1.69. The number of aryl methyl sites for hydroxylation is 1. The highest BCUT2D eigenvalue weighted by Gasteiger charge is 2.19. The van der Waals surface area contributed by atoms with Gasteiger partial charge in [0.25, 0.3) is 0 Å². The number of fused-ring (bicyclic) bond motifs is 1. The minimum absolute atomic E-state index is 0.472. The van der Waals surface area contributed by atoms with Crippen molar-refractivity contribution in [1.29, 1.82) is 0 Å². The average molecular weight is 251 g/mol. The van der Waals surface area contributed by atoms with E-state index in [9.17, 15) is 0 Å². The van der Waals surface area contributed by atoms with E-state index in [-0.39, 0.29) is 0 Å². The van der Waals surface area contributed by atoms with Gasteiger partial charge in [-0.3, -0.25) is 0 Å². The Kier molecular flexibility index (Phi) is 2.44. The van der Waals surface area contributed by atoms with E-state index < -0.39 is 0 Å². The van der Waals surface area contributed by atoms with Crippen LogP contribution in [-0.2, 0) is 13.1 Å². The minimum Gasteiger partial charge on any atom is -0.347 e. The number of aromatic nitrogens is 5. The summed E-state index contributed by atoms with van der Waals surface area (Å²) in [6.07, 6.45) is 1.75. The summed E-state index contributed by atoms with van der Waals surface area (Å²) >= 11 is 5.94. The molecular formula is C10H11ClN6.